The van der Waals surface area contributed by atoms with Crippen molar-refractivity contribution in [3.05, 3.63) is 66.1 Å². The van der Waals surface area contributed by atoms with Crippen LogP contribution >= 0.6 is 0 Å². The van der Waals surface area contributed by atoms with Crippen molar-refractivity contribution in [3.8, 4) is 17.1 Å². The Bertz CT molecular complexity index is 1220. The number of pyridine rings is 1. The number of ether oxygens (including phenoxy) is 2. The smallest absolute Gasteiger partial charge is 0.335 e. The summed E-state index contributed by atoms with van der Waals surface area (Å²) in [5.41, 5.74) is 4.03. The molecule has 0 bridgehead atoms. The lowest BCUT2D eigenvalue weighted by molar-refractivity contribution is 0.0697. The third-order valence-electron chi connectivity index (χ3n) is 4.61. The molecular formula is C22H21N5O4. The summed E-state index contributed by atoms with van der Waals surface area (Å²) in [5.74, 6) is 0.120. The summed E-state index contributed by atoms with van der Waals surface area (Å²) in [7, 11) is 1.63. The van der Waals surface area contributed by atoms with Gasteiger partial charge in [0.05, 0.1) is 35.4 Å². The summed E-state index contributed by atoms with van der Waals surface area (Å²) in [5, 5.41) is 12.1. The zero-order valence-corrected chi connectivity index (χ0v) is 17.1. The maximum atomic E-state index is 11.0. The Labute approximate surface area is 178 Å². The van der Waals surface area contributed by atoms with E-state index in [2.05, 4.69) is 20.3 Å². The van der Waals surface area contributed by atoms with Crippen LogP contribution in [0, 0.1) is 6.92 Å². The van der Waals surface area contributed by atoms with Crippen LogP contribution in [0.4, 0.5) is 11.6 Å². The molecule has 4 aromatic rings. The molecule has 0 aliphatic carbocycles. The van der Waals surface area contributed by atoms with Crippen molar-refractivity contribution in [3.63, 3.8) is 0 Å². The van der Waals surface area contributed by atoms with Crippen LogP contribution in [0.25, 0.3) is 17.0 Å². The lowest BCUT2D eigenvalue weighted by Crippen LogP contribution is -2.05. The molecule has 0 radical (unpaired) electrons. The molecule has 4 rings (SSSR count). The number of aromatic carboxylic acids is 1. The maximum Gasteiger partial charge on any atom is 0.335 e. The molecule has 0 aliphatic rings. The Morgan fingerprint density at radius 3 is 2.65 bits per heavy atom. The number of aryl methyl sites for hydroxylation is 1. The lowest BCUT2D eigenvalue weighted by Gasteiger charge is -2.09. The van der Waals surface area contributed by atoms with Crippen molar-refractivity contribution in [1.29, 1.82) is 0 Å². The average molecular weight is 419 g/mol. The number of benzene rings is 1. The predicted octanol–water partition coefficient (Wildman–Crippen LogP) is 3.57. The van der Waals surface area contributed by atoms with Gasteiger partial charge < -0.3 is 19.9 Å². The lowest BCUT2D eigenvalue weighted by atomic mass is 10.2. The van der Waals surface area contributed by atoms with Gasteiger partial charge in [0, 0.05) is 19.0 Å². The van der Waals surface area contributed by atoms with E-state index in [1.165, 1.54) is 12.1 Å². The molecule has 1 aromatic carbocycles. The van der Waals surface area contributed by atoms with Gasteiger partial charge in [-0.15, -0.1) is 0 Å². The maximum absolute atomic E-state index is 11.0. The Morgan fingerprint density at radius 1 is 1.10 bits per heavy atom. The number of carboxylic acid groups (broad SMARTS) is 1. The van der Waals surface area contributed by atoms with E-state index in [4.69, 9.17) is 14.6 Å². The standard InChI is InChI=1S/C22H21N5O4/c1-14-20(27-13-17(31-12-11-30-2)7-8-19(27)24-14)18-9-10-23-22(26-18)25-16-5-3-15(4-6-16)21(28)29/h3-10,13H,11-12H2,1-2H3,(H,28,29)(H,23,25,26). The topological polar surface area (TPSA) is 111 Å². The van der Waals surface area contributed by atoms with Crippen LogP contribution in [0.2, 0.25) is 0 Å². The van der Waals surface area contributed by atoms with E-state index in [1.54, 1.807) is 25.4 Å². The van der Waals surface area contributed by atoms with Gasteiger partial charge in [-0.05, 0) is 49.4 Å². The number of nitrogens with zero attached hydrogens (tertiary/aromatic N) is 4. The summed E-state index contributed by atoms with van der Waals surface area (Å²) in [6.45, 7) is 2.88. The van der Waals surface area contributed by atoms with Crippen molar-refractivity contribution in [2.75, 3.05) is 25.6 Å². The Balaban J connectivity index is 1.64. The second-order valence-corrected chi connectivity index (χ2v) is 6.75. The zero-order chi connectivity index (χ0) is 21.8. The van der Waals surface area contributed by atoms with E-state index < -0.39 is 5.97 Å². The van der Waals surface area contributed by atoms with Crippen LogP contribution < -0.4 is 10.1 Å². The average Bonchev–Trinajstić information content (AvgIpc) is 3.09. The van der Waals surface area contributed by atoms with Gasteiger partial charge in [0.1, 0.15) is 18.0 Å². The first kappa shape index (κ1) is 20.3. The first-order valence-corrected chi connectivity index (χ1v) is 9.59. The van der Waals surface area contributed by atoms with Gasteiger partial charge in [0.2, 0.25) is 5.95 Å². The highest BCUT2D eigenvalue weighted by Crippen LogP contribution is 2.26. The Kier molecular flexibility index (Phi) is 5.76. The normalized spacial score (nSPS) is 10.9. The van der Waals surface area contributed by atoms with Crippen LogP contribution in [0.5, 0.6) is 5.75 Å². The van der Waals surface area contributed by atoms with Crippen molar-refractivity contribution >= 4 is 23.3 Å². The number of aromatic nitrogens is 4. The van der Waals surface area contributed by atoms with Crippen LogP contribution in [-0.4, -0.2) is 50.8 Å². The summed E-state index contributed by atoms with van der Waals surface area (Å²) in [6, 6.07) is 12.0. The van der Waals surface area contributed by atoms with Crippen molar-refractivity contribution in [2.24, 2.45) is 0 Å². The van der Waals surface area contributed by atoms with E-state index in [0.29, 0.717) is 36.3 Å². The molecule has 3 heterocycles. The van der Waals surface area contributed by atoms with Crippen LogP contribution in [0.3, 0.4) is 0 Å². The number of carboxylic acids is 1. The van der Waals surface area contributed by atoms with Gasteiger partial charge in [-0.1, -0.05) is 0 Å². The molecule has 0 saturated carbocycles. The molecule has 9 heteroatoms. The van der Waals surface area contributed by atoms with E-state index in [0.717, 1.165) is 17.0 Å². The summed E-state index contributed by atoms with van der Waals surface area (Å²) >= 11 is 0. The molecule has 2 N–H and O–H groups in total. The highest BCUT2D eigenvalue weighted by Gasteiger charge is 2.14. The first-order valence-electron chi connectivity index (χ1n) is 9.59. The van der Waals surface area contributed by atoms with Gasteiger partial charge in [-0.2, -0.15) is 0 Å². The third kappa shape index (κ3) is 4.46. The third-order valence-corrected chi connectivity index (χ3v) is 4.61. The molecule has 0 saturated heterocycles. The first-order chi connectivity index (χ1) is 15.0. The molecule has 0 unspecified atom stereocenters. The number of carbonyl (C=O) groups is 1. The molecular weight excluding hydrogens is 398 g/mol. The number of methoxy groups -OCH3 is 1. The van der Waals surface area contributed by atoms with Gasteiger partial charge in [-0.3, -0.25) is 4.40 Å². The fourth-order valence-electron chi connectivity index (χ4n) is 3.16. The Hall–Kier alpha value is -3.98. The molecule has 158 valence electrons. The van der Waals surface area contributed by atoms with Crippen LogP contribution in [0.1, 0.15) is 16.1 Å². The predicted molar refractivity (Wildman–Crippen MR) is 115 cm³/mol. The number of hydrogen-bond donors (Lipinski definition) is 2. The molecule has 0 fully saturated rings. The van der Waals surface area contributed by atoms with Gasteiger partial charge >= 0.3 is 5.97 Å². The highest BCUT2D eigenvalue weighted by atomic mass is 16.5. The zero-order valence-electron chi connectivity index (χ0n) is 17.1. The molecule has 3 aromatic heterocycles. The quantitative estimate of drug-likeness (QED) is 0.417. The monoisotopic (exact) mass is 419 g/mol. The SMILES string of the molecule is COCCOc1ccc2nc(C)c(-c3ccnc(Nc4ccc(C(=O)O)cc4)n3)n2c1. The van der Waals surface area contributed by atoms with Gasteiger partial charge in [-0.25, -0.2) is 19.7 Å². The fourth-order valence-corrected chi connectivity index (χ4v) is 3.16. The van der Waals surface area contributed by atoms with Gasteiger partial charge in [0.15, 0.2) is 0 Å². The minimum atomic E-state index is -0.974. The van der Waals surface area contributed by atoms with Crippen molar-refractivity contribution < 1.29 is 19.4 Å². The number of imidazole rings is 1. The minimum absolute atomic E-state index is 0.213. The highest BCUT2D eigenvalue weighted by molar-refractivity contribution is 5.88. The van der Waals surface area contributed by atoms with E-state index in [1.807, 2.05) is 35.7 Å². The van der Waals surface area contributed by atoms with Gasteiger partial charge in [0.25, 0.3) is 0 Å². The number of nitrogens with one attached hydrogen (secondary N) is 1. The summed E-state index contributed by atoms with van der Waals surface area (Å²) < 4.78 is 12.7. The van der Waals surface area contributed by atoms with Crippen LogP contribution in [0.15, 0.2) is 54.9 Å². The fraction of sp³-hybridized carbons (Fsp3) is 0.182. The second-order valence-electron chi connectivity index (χ2n) is 6.75. The summed E-state index contributed by atoms with van der Waals surface area (Å²) in [6.07, 6.45) is 3.54. The van der Waals surface area contributed by atoms with E-state index in [9.17, 15) is 4.79 Å². The minimum Gasteiger partial charge on any atom is -0.490 e. The molecule has 9 nitrogen and oxygen atoms in total. The molecule has 0 spiro atoms. The summed E-state index contributed by atoms with van der Waals surface area (Å²) in [4.78, 5) is 24.5. The number of anilines is 2. The number of rotatable bonds is 8. The van der Waals surface area contributed by atoms with E-state index >= 15 is 0 Å². The molecule has 31 heavy (non-hydrogen) atoms. The molecule has 0 atom stereocenters. The molecule has 0 amide bonds. The van der Waals surface area contributed by atoms with Crippen LogP contribution in [-0.2, 0) is 4.74 Å². The molecule has 0 aliphatic heterocycles. The second kappa shape index (κ2) is 8.80. The Morgan fingerprint density at radius 2 is 1.90 bits per heavy atom. The van der Waals surface area contributed by atoms with E-state index in [-0.39, 0.29) is 5.56 Å². The number of hydrogen-bond acceptors (Lipinski definition) is 7. The van der Waals surface area contributed by atoms with Crippen molar-refractivity contribution in [2.45, 2.75) is 6.92 Å². The van der Waals surface area contributed by atoms with Crippen molar-refractivity contribution in [1.82, 2.24) is 19.4 Å². The largest absolute Gasteiger partial charge is 0.490 e. The number of fused-ring (bicyclic) bond motifs is 1.